The van der Waals surface area contributed by atoms with Crippen molar-refractivity contribution in [2.45, 2.75) is 58.5 Å². The van der Waals surface area contributed by atoms with Crippen LogP contribution >= 0.6 is 0 Å². The highest BCUT2D eigenvalue weighted by molar-refractivity contribution is 7.89. The van der Waals surface area contributed by atoms with Gasteiger partial charge in [0.1, 0.15) is 6.04 Å². The van der Waals surface area contributed by atoms with Gasteiger partial charge in [0.05, 0.1) is 10.9 Å². The molecule has 27 heavy (non-hydrogen) atoms. The summed E-state index contributed by atoms with van der Waals surface area (Å²) in [5.74, 6) is -0.0534. The molecule has 0 aromatic heterocycles. The molecule has 0 N–H and O–H groups in total. The highest BCUT2D eigenvalue weighted by atomic mass is 32.2. The number of carbonyl (C=O) groups excluding carboxylic acids is 1. The Morgan fingerprint density at radius 2 is 1.48 bits per heavy atom. The smallest absolute Gasteiger partial charge is 0.244 e. The second kappa shape index (κ2) is 6.57. The van der Waals surface area contributed by atoms with Crippen LogP contribution < -0.4 is 0 Å². The molecule has 3 atom stereocenters. The molecular formula is C22H27NO3S. The monoisotopic (exact) mass is 385 g/mol. The van der Waals surface area contributed by atoms with Crippen molar-refractivity contribution in [2.24, 2.45) is 5.41 Å². The first kappa shape index (κ1) is 19.8. The molecule has 2 aromatic rings. The number of benzene rings is 2. The third kappa shape index (κ3) is 3.46. The van der Waals surface area contributed by atoms with Gasteiger partial charge in [0.15, 0.2) is 5.78 Å². The van der Waals surface area contributed by atoms with E-state index in [4.69, 9.17) is 0 Å². The summed E-state index contributed by atoms with van der Waals surface area (Å²) in [6, 6.07) is 12.1. The minimum absolute atomic E-state index is 0.0534. The number of carbonyl (C=O) groups is 1. The summed E-state index contributed by atoms with van der Waals surface area (Å²) in [5.41, 5.74) is 2.70. The quantitative estimate of drug-likeness (QED) is 0.736. The predicted octanol–water partition coefficient (Wildman–Crippen LogP) is 4.34. The molecule has 1 aliphatic rings. The van der Waals surface area contributed by atoms with Gasteiger partial charge in [0.25, 0.3) is 0 Å². The van der Waals surface area contributed by atoms with Crippen molar-refractivity contribution in [1.82, 2.24) is 4.31 Å². The van der Waals surface area contributed by atoms with Crippen LogP contribution in [0, 0.1) is 26.2 Å². The molecule has 0 amide bonds. The molecule has 2 aromatic carbocycles. The molecule has 0 saturated carbocycles. The first-order chi connectivity index (χ1) is 12.5. The van der Waals surface area contributed by atoms with E-state index in [-0.39, 0.29) is 5.78 Å². The lowest BCUT2D eigenvalue weighted by Crippen LogP contribution is -2.29. The van der Waals surface area contributed by atoms with E-state index in [1.165, 1.54) is 4.31 Å². The maximum absolute atomic E-state index is 13.5. The van der Waals surface area contributed by atoms with Gasteiger partial charge in [-0.2, -0.15) is 4.31 Å². The van der Waals surface area contributed by atoms with Crippen LogP contribution in [-0.4, -0.2) is 24.5 Å². The van der Waals surface area contributed by atoms with Crippen LogP contribution in [0.25, 0.3) is 0 Å². The number of ketones is 1. The van der Waals surface area contributed by atoms with E-state index >= 15 is 0 Å². The number of aryl methyl sites for hydroxylation is 3. The van der Waals surface area contributed by atoms with Crippen molar-refractivity contribution < 1.29 is 13.2 Å². The lowest BCUT2D eigenvalue weighted by molar-refractivity contribution is -0.126. The fourth-order valence-electron chi connectivity index (χ4n) is 3.87. The molecule has 4 nitrogen and oxygen atoms in total. The topological polar surface area (TPSA) is 54.2 Å². The van der Waals surface area contributed by atoms with E-state index in [1.807, 2.05) is 84.0 Å². The number of nitrogens with zero attached hydrogens (tertiary/aromatic N) is 1. The van der Waals surface area contributed by atoms with E-state index in [0.717, 1.165) is 11.1 Å². The highest BCUT2D eigenvalue weighted by Gasteiger charge is 2.61. The second-order valence-corrected chi connectivity index (χ2v) is 10.3. The molecule has 1 saturated heterocycles. The molecule has 3 unspecified atom stereocenters. The SMILES string of the molecule is Cc1cc(C)c(S(=O)(=O)N2C(C(=O)C(C)(C)C)C2c2ccccc2)c(C)c1. The summed E-state index contributed by atoms with van der Waals surface area (Å²) in [4.78, 5) is 13.3. The fourth-order valence-corrected chi connectivity index (χ4v) is 6.01. The second-order valence-electron chi connectivity index (χ2n) is 8.48. The third-order valence-corrected chi connectivity index (χ3v) is 7.22. The van der Waals surface area contributed by atoms with Gasteiger partial charge in [-0.25, -0.2) is 8.42 Å². The molecule has 0 aliphatic carbocycles. The zero-order chi connectivity index (χ0) is 20.1. The molecule has 1 fully saturated rings. The van der Waals surface area contributed by atoms with E-state index in [0.29, 0.717) is 16.0 Å². The molecule has 3 rings (SSSR count). The van der Waals surface area contributed by atoms with E-state index in [1.54, 1.807) is 0 Å². The summed E-state index contributed by atoms with van der Waals surface area (Å²) in [6.07, 6.45) is 0. The van der Waals surface area contributed by atoms with Gasteiger partial charge in [-0.3, -0.25) is 4.79 Å². The molecule has 0 spiro atoms. The van der Waals surface area contributed by atoms with Crippen LogP contribution in [0.15, 0.2) is 47.4 Å². The van der Waals surface area contributed by atoms with E-state index < -0.39 is 27.5 Å². The maximum atomic E-state index is 13.5. The Balaban J connectivity index is 2.11. The fraction of sp³-hybridized carbons (Fsp3) is 0.409. The summed E-state index contributed by atoms with van der Waals surface area (Å²) in [5, 5.41) is 0. The summed E-state index contributed by atoms with van der Waals surface area (Å²) in [6.45, 7) is 11.1. The maximum Gasteiger partial charge on any atom is 0.244 e. The Kier molecular flexibility index (Phi) is 4.81. The third-order valence-electron chi connectivity index (χ3n) is 5.05. The van der Waals surface area contributed by atoms with Crippen molar-refractivity contribution >= 4 is 15.8 Å². The standard InChI is InChI=1S/C22H27NO3S/c1-14-12-15(2)20(16(3)13-14)27(25,26)23-18(17-10-8-7-9-11-17)19(23)21(24)22(4,5)6/h7-13,18-19H,1-6H3. The summed E-state index contributed by atoms with van der Waals surface area (Å²) >= 11 is 0. The average molecular weight is 386 g/mol. The number of hydrogen-bond acceptors (Lipinski definition) is 3. The van der Waals surface area contributed by atoms with Gasteiger partial charge in [0, 0.05) is 5.41 Å². The van der Waals surface area contributed by atoms with Gasteiger partial charge < -0.3 is 0 Å². The minimum atomic E-state index is -3.78. The Morgan fingerprint density at radius 3 is 1.96 bits per heavy atom. The Hall–Kier alpha value is -1.98. The van der Waals surface area contributed by atoms with E-state index in [2.05, 4.69) is 0 Å². The van der Waals surface area contributed by atoms with Crippen LogP contribution in [0.3, 0.4) is 0 Å². The van der Waals surface area contributed by atoms with E-state index in [9.17, 15) is 13.2 Å². The van der Waals surface area contributed by atoms with Crippen molar-refractivity contribution in [1.29, 1.82) is 0 Å². The number of Topliss-reactive ketones (excluding diaryl/α,β-unsaturated/α-hetero) is 1. The number of hydrogen-bond donors (Lipinski definition) is 0. The lowest BCUT2D eigenvalue weighted by Gasteiger charge is -2.17. The molecule has 5 heteroatoms. The molecule has 144 valence electrons. The van der Waals surface area contributed by atoms with Crippen LogP contribution in [0.5, 0.6) is 0 Å². The Labute approximate surface area is 162 Å². The van der Waals surface area contributed by atoms with Crippen molar-refractivity contribution in [3.05, 3.63) is 64.7 Å². The Morgan fingerprint density at radius 1 is 0.963 bits per heavy atom. The van der Waals surface area contributed by atoms with Gasteiger partial charge in [-0.05, 0) is 37.5 Å². The molecule has 1 heterocycles. The predicted molar refractivity (Wildman–Crippen MR) is 107 cm³/mol. The average Bonchev–Trinajstić information content (AvgIpc) is 3.29. The Bertz CT molecular complexity index is 965. The van der Waals surface area contributed by atoms with Crippen molar-refractivity contribution in [2.75, 3.05) is 0 Å². The summed E-state index contributed by atoms with van der Waals surface area (Å²) < 4.78 is 28.5. The molecule has 1 aliphatic heterocycles. The number of rotatable bonds is 4. The van der Waals surface area contributed by atoms with Gasteiger partial charge in [-0.1, -0.05) is 68.8 Å². The van der Waals surface area contributed by atoms with Crippen LogP contribution in [-0.2, 0) is 14.8 Å². The van der Waals surface area contributed by atoms with Crippen molar-refractivity contribution in [3.8, 4) is 0 Å². The number of sulfonamides is 1. The van der Waals surface area contributed by atoms with Crippen LogP contribution in [0.1, 0.15) is 49.1 Å². The van der Waals surface area contributed by atoms with Crippen LogP contribution in [0.4, 0.5) is 0 Å². The zero-order valence-corrected chi connectivity index (χ0v) is 17.6. The highest BCUT2D eigenvalue weighted by Crippen LogP contribution is 2.50. The molecule has 0 bridgehead atoms. The minimum Gasteiger partial charge on any atom is -0.297 e. The van der Waals surface area contributed by atoms with Gasteiger partial charge >= 0.3 is 0 Å². The summed E-state index contributed by atoms with van der Waals surface area (Å²) in [7, 11) is -3.78. The first-order valence-electron chi connectivity index (χ1n) is 9.17. The van der Waals surface area contributed by atoms with Crippen LogP contribution in [0.2, 0.25) is 0 Å². The molecule has 0 radical (unpaired) electrons. The zero-order valence-electron chi connectivity index (χ0n) is 16.8. The molecular weight excluding hydrogens is 358 g/mol. The van der Waals surface area contributed by atoms with Gasteiger partial charge in [-0.15, -0.1) is 0 Å². The first-order valence-corrected chi connectivity index (χ1v) is 10.6. The van der Waals surface area contributed by atoms with Gasteiger partial charge in [0.2, 0.25) is 10.0 Å². The lowest BCUT2D eigenvalue weighted by atomic mass is 9.87. The largest absolute Gasteiger partial charge is 0.297 e. The normalized spacial score (nSPS) is 22.5. The van der Waals surface area contributed by atoms with Crippen molar-refractivity contribution in [3.63, 3.8) is 0 Å².